The van der Waals surface area contributed by atoms with E-state index in [-0.39, 0.29) is 31.0 Å². The number of nitrogens with one attached hydrogen (secondary N) is 2. The molecule has 0 unspecified atom stereocenters. The molecule has 10 heteroatoms. The van der Waals surface area contributed by atoms with E-state index in [9.17, 15) is 13.6 Å². The number of anilines is 1. The van der Waals surface area contributed by atoms with Gasteiger partial charge in [0, 0.05) is 56.8 Å². The molecule has 0 saturated carbocycles. The largest absolute Gasteiger partial charge is 0.340 e. The maximum Gasteiger partial charge on any atom is 0.267 e. The van der Waals surface area contributed by atoms with E-state index in [1.807, 2.05) is 18.2 Å². The molecule has 2 atom stereocenters. The number of hydrogen-bond donors (Lipinski definition) is 2. The van der Waals surface area contributed by atoms with Crippen LogP contribution in [0.15, 0.2) is 18.2 Å². The maximum atomic E-state index is 13.4. The van der Waals surface area contributed by atoms with Crippen molar-refractivity contribution in [3.63, 3.8) is 0 Å². The normalized spacial score (nSPS) is 27.3. The van der Waals surface area contributed by atoms with Gasteiger partial charge >= 0.3 is 0 Å². The first-order valence-electron chi connectivity index (χ1n) is 10.4. The first-order valence-corrected chi connectivity index (χ1v) is 10.8. The fourth-order valence-corrected chi connectivity index (χ4v) is 4.92. The molecule has 0 radical (unpaired) electrons. The van der Waals surface area contributed by atoms with Gasteiger partial charge in [0.05, 0.1) is 23.6 Å². The Balaban J connectivity index is 1.16. The van der Waals surface area contributed by atoms with E-state index >= 15 is 0 Å². The first-order chi connectivity index (χ1) is 14.4. The molecule has 4 heterocycles. The van der Waals surface area contributed by atoms with Crippen LogP contribution in [0.1, 0.15) is 12.8 Å². The number of aromatic amines is 1. The zero-order valence-electron chi connectivity index (χ0n) is 16.6. The van der Waals surface area contributed by atoms with Crippen molar-refractivity contribution in [2.24, 2.45) is 0 Å². The number of hydrogen-bond acceptors (Lipinski definition) is 5. The number of aromatic nitrogens is 2. The second-order valence-corrected chi connectivity index (χ2v) is 8.90. The lowest BCUT2D eigenvalue weighted by atomic mass is 10.1. The minimum atomic E-state index is -2.74. The third-order valence-corrected chi connectivity index (χ3v) is 6.68. The number of carbonyl (C=O) groups excluding carboxylic acids is 1. The lowest BCUT2D eigenvalue weighted by molar-refractivity contribution is -0.133. The van der Waals surface area contributed by atoms with Crippen molar-refractivity contribution in [2.75, 3.05) is 50.7 Å². The van der Waals surface area contributed by atoms with Gasteiger partial charge in [0.15, 0.2) is 0 Å². The standard InChI is InChI=1S/C20H25ClF2N6O/c21-13-1-2-15-16(9-13)26-19(25-15)28-7-5-27(6-8-28)14-10-17(24-11-14)18(30)29-4-3-20(22,23)12-29/h1-2,9,14,17,24H,3-8,10-12H2,(H,25,26)/t14-,17-/m0/s1. The number of amides is 1. The molecule has 1 amide bonds. The smallest absolute Gasteiger partial charge is 0.267 e. The van der Waals surface area contributed by atoms with Crippen molar-refractivity contribution >= 4 is 34.5 Å². The highest BCUT2D eigenvalue weighted by Gasteiger charge is 2.43. The molecular weight excluding hydrogens is 414 g/mol. The predicted octanol–water partition coefficient (Wildman–Crippen LogP) is 1.94. The van der Waals surface area contributed by atoms with E-state index in [0.717, 1.165) is 43.2 Å². The fraction of sp³-hybridized carbons (Fsp3) is 0.600. The van der Waals surface area contributed by atoms with Crippen LogP contribution < -0.4 is 10.2 Å². The second-order valence-electron chi connectivity index (χ2n) is 8.46. The van der Waals surface area contributed by atoms with Crippen molar-refractivity contribution in [3.05, 3.63) is 23.2 Å². The van der Waals surface area contributed by atoms with Crippen molar-refractivity contribution < 1.29 is 13.6 Å². The highest BCUT2D eigenvalue weighted by Crippen LogP contribution is 2.28. The number of carbonyl (C=O) groups is 1. The van der Waals surface area contributed by atoms with E-state index in [2.05, 4.69) is 25.1 Å². The zero-order valence-corrected chi connectivity index (χ0v) is 17.3. The van der Waals surface area contributed by atoms with Crippen LogP contribution in [0.2, 0.25) is 5.02 Å². The molecule has 162 valence electrons. The van der Waals surface area contributed by atoms with E-state index < -0.39 is 12.5 Å². The number of fused-ring (bicyclic) bond motifs is 1. The van der Waals surface area contributed by atoms with Crippen molar-refractivity contribution in [3.8, 4) is 0 Å². The highest BCUT2D eigenvalue weighted by molar-refractivity contribution is 6.31. The topological polar surface area (TPSA) is 67.5 Å². The number of nitrogens with zero attached hydrogens (tertiary/aromatic N) is 4. The summed E-state index contributed by atoms with van der Waals surface area (Å²) < 4.78 is 26.9. The molecule has 0 spiro atoms. The van der Waals surface area contributed by atoms with Crippen LogP contribution >= 0.6 is 11.6 Å². The van der Waals surface area contributed by atoms with E-state index in [4.69, 9.17) is 11.6 Å². The Hall–Kier alpha value is -1.97. The fourth-order valence-electron chi connectivity index (χ4n) is 4.74. The van der Waals surface area contributed by atoms with Crippen molar-refractivity contribution in [1.29, 1.82) is 0 Å². The van der Waals surface area contributed by atoms with Crippen molar-refractivity contribution in [1.82, 2.24) is 25.1 Å². The average Bonchev–Trinajstić information content (AvgIpc) is 3.45. The number of piperazine rings is 1. The van der Waals surface area contributed by atoms with Gasteiger partial charge in [-0.15, -0.1) is 0 Å². The summed E-state index contributed by atoms with van der Waals surface area (Å²) in [5, 5.41) is 3.93. The molecule has 0 aliphatic carbocycles. The number of benzene rings is 1. The second kappa shape index (κ2) is 7.62. The van der Waals surface area contributed by atoms with Gasteiger partial charge in [-0.25, -0.2) is 13.8 Å². The Bertz CT molecular complexity index is 945. The minimum Gasteiger partial charge on any atom is -0.340 e. The summed E-state index contributed by atoms with van der Waals surface area (Å²) in [5.74, 6) is -2.08. The third-order valence-electron chi connectivity index (χ3n) is 6.45. The molecule has 1 aromatic carbocycles. The van der Waals surface area contributed by atoms with E-state index in [0.29, 0.717) is 18.0 Å². The molecule has 2 N–H and O–H groups in total. The lowest BCUT2D eigenvalue weighted by Crippen LogP contribution is -2.51. The number of likely N-dealkylation sites (tertiary alicyclic amines) is 1. The molecule has 0 bridgehead atoms. The molecule has 3 fully saturated rings. The van der Waals surface area contributed by atoms with Gasteiger partial charge in [-0.1, -0.05) is 11.6 Å². The molecule has 30 heavy (non-hydrogen) atoms. The Morgan fingerprint density at radius 3 is 2.73 bits per heavy atom. The molecule has 3 aliphatic rings. The molecule has 7 nitrogen and oxygen atoms in total. The lowest BCUT2D eigenvalue weighted by Gasteiger charge is -2.37. The van der Waals surface area contributed by atoms with Crippen LogP contribution in [-0.4, -0.2) is 89.5 Å². The zero-order chi connectivity index (χ0) is 20.9. The molecule has 5 rings (SSSR count). The summed E-state index contributed by atoms with van der Waals surface area (Å²) in [6, 6.07) is 5.51. The summed E-state index contributed by atoms with van der Waals surface area (Å²) in [6.07, 6.45) is 0.439. The van der Waals surface area contributed by atoms with Crippen LogP contribution in [0.25, 0.3) is 11.0 Å². The first kappa shape index (κ1) is 20.0. The Labute approximate surface area is 178 Å². The summed E-state index contributed by atoms with van der Waals surface area (Å²) >= 11 is 6.06. The van der Waals surface area contributed by atoms with Crippen LogP contribution in [0.4, 0.5) is 14.7 Å². The number of halogens is 3. The van der Waals surface area contributed by atoms with E-state index in [1.54, 1.807) is 0 Å². The van der Waals surface area contributed by atoms with Gasteiger partial charge < -0.3 is 20.1 Å². The number of alkyl halides is 2. The highest BCUT2D eigenvalue weighted by atomic mass is 35.5. The maximum absolute atomic E-state index is 13.4. The third kappa shape index (κ3) is 3.86. The van der Waals surface area contributed by atoms with Crippen LogP contribution in [0.3, 0.4) is 0 Å². The Morgan fingerprint density at radius 1 is 1.20 bits per heavy atom. The van der Waals surface area contributed by atoms with Crippen LogP contribution in [0.5, 0.6) is 0 Å². The van der Waals surface area contributed by atoms with Gasteiger partial charge in [0.1, 0.15) is 0 Å². The van der Waals surface area contributed by atoms with Gasteiger partial charge in [-0.2, -0.15) is 0 Å². The quantitative estimate of drug-likeness (QED) is 0.766. The van der Waals surface area contributed by atoms with Gasteiger partial charge in [-0.05, 0) is 24.6 Å². The molecule has 3 saturated heterocycles. The van der Waals surface area contributed by atoms with Gasteiger partial charge in [-0.3, -0.25) is 9.69 Å². The molecular formula is C20H25ClF2N6O. The number of rotatable bonds is 3. The number of H-pyrrole nitrogens is 1. The predicted molar refractivity (Wildman–Crippen MR) is 111 cm³/mol. The van der Waals surface area contributed by atoms with Crippen LogP contribution in [-0.2, 0) is 4.79 Å². The molecule has 2 aromatic rings. The monoisotopic (exact) mass is 438 g/mol. The van der Waals surface area contributed by atoms with Gasteiger partial charge in [0.25, 0.3) is 5.92 Å². The van der Waals surface area contributed by atoms with Gasteiger partial charge in [0.2, 0.25) is 11.9 Å². The molecule has 1 aromatic heterocycles. The average molecular weight is 439 g/mol. The summed E-state index contributed by atoms with van der Waals surface area (Å²) in [5.41, 5.74) is 1.82. The Morgan fingerprint density at radius 2 is 2.00 bits per heavy atom. The van der Waals surface area contributed by atoms with E-state index in [1.165, 1.54) is 4.90 Å². The minimum absolute atomic E-state index is 0.149. The Kier molecular flexibility index (Phi) is 5.07. The number of imidazole rings is 1. The molecule has 3 aliphatic heterocycles. The SMILES string of the molecule is O=C([C@@H]1C[C@H](N2CCN(c3nc4ccc(Cl)cc4[nH]3)CC2)CN1)N1CCC(F)(F)C1. The van der Waals surface area contributed by atoms with Crippen LogP contribution in [0, 0.1) is 0 Å². The summed E-state index contributed by atoms with van der Waals surface area (Å²) in [6.45, 7) is 3.82. The van der Waals surface area contributed by atoms with Crippen molar-refractivity contribution in [2.45, 2.75) is 30.8 Å². The summed E-state index contributed by atoms with van der Waals surface area (Å²) in [4.78, 5) is 26.5. The summed E-state index contributed by atoms with van der Waals surface area (Å²) in [7, 11) is 0.